The molecule has 0 aliphatic heterocycles. The number of phenolic OH excluding ortho intramolecular Hbond substituents is 2. The molecular weight excluding hydrogens is 388 g/mol. The molecule has 1 atom stereocenters. The van der Waals surface area contributed by atoms with E-state index in [-0.39, 0.29) is 23.2 Å². The number of hydrogen-bond acceptors (Lipinski definition) is 4. The summed E-state index contributed by atoms with van der Waals surface area (Å²) in [5.74, 6) is 0.339. The number of phenols is 2. The predicted molar refractivity (Wildman–Crippen MR) is 125 cm³/mol. The molecule has 3 aromatic carbocycles. The molecule has 3 aromatic rings. The van der Waals surface area contributed by atoms with Gasteiger partial charge in [0.1, 0.15) is 5.75 Å². The average molecular weight is 419 g/mol. The van der Waals surface area contributed by atoms with Gasteiger partial charge in [0, 0.05) is 0 Å². The highest BCUT2D eigenvalue weighted by atomic mass is 16.5. The lowest BCUT2D eigenvalue weighted by Crippen LogP contribution is -2.13. The molecule has 4 nitrogen and oxygen atoms in total. The third kappa shape index (κ3) is 5.88. The van der Waals surface area contributed by atoms with Gasteiger partial charge < -0.3 is 14.9 Å². The van der Waals surface area contributed by atoms with E-state index in [1.165, 1.54) is 7.11 Å². The zero-order valence-electron chi connectivity index (χ0n) is 18.2. The number of aromatic hydroxyl groups is 2. The summed E-state index contributed by atoms with van der Waals surface area (Å²) in [5.41, 5.74) is 1.80. The number of fused-ring (bicyclic) bond motifs is 1. The highest BCUT2D eigenvalue weighted by Crippen LogP contribution is 2.31. The van der Waals surface area contributed by atoms with Crippen molar-refractivity contribution in [1.82, 2.24) is 0 Å². The van der Waals surface area contributed by atoms with Crippen LogP contribution in [0.4, 0.5) is 0 Å². The molecule has 2 N–H and O–H groups in total. The minimum Gasteiger partial charge on any atom is -0.508 e. The first-order valence-electron chi connectivity index (χ1n) is 10.8. The third-order valence-corrected chi connectivity index (χ3v) is 5.53. The second-order valence-electron chi connectivity index (χ2n) is 7.85. The first-order valence-corrected chi connectivity index (χ1v) is 10.8. The van der Waals surface area contributed by atoms with Gasteiger partial charge in [-0.25, -0.2) is 0 Å². The van der Waals surface area contributed by atoms with E-state index < -0.39 is 0 Å². The fraction of sp³-hybridized carbons (Fsp3) is 0.296. The molecule has 0 saturated carbocycles. The van der Waals surface area contributed by atoms with E-state index in [0.29, 0.717) is 12.2 Å². The van der Waals surface area contributed by atoms with Crippen LogP contribution in [-0.2, 0) is 11.2 Å². The molecule has 31 heavy (non-hydrogen) atoms. The molecule has 0 amide bonds. The highest BCUT2D eigenvalue weighted by Gasteiger charge is 2.20. The van der Waals surface area contributed by atoms with Gasteiger partial charge in [-0.05, 0) is 71.5 Å². The van der Waals surface area contributed by atoms with Crippen molar-refractivity contribution in [1.29, 1.82) is 0 Å². The van der Waals surface area contributed by atoms with Gasteiger partial charge in [0.2, 0.25) is 0 Å². The lowest BCUT2D eigenvalue weighted by atomic mass is 9.87. The average Bonchev–Trinajstić information content (AvgIpc) is 2.77. The highest BCUT2D eigenvalue weighted by molar-refractivity contribution is 5.96. The van der Waals surface area contributed by atoms with E-state index >= 15 is 0 Å². The number of carbonyl (C=O) groups excluding carboxylic acids is 1. The Bertz CT molecular complexity index is 1070. The Balaban J connectivity index is 1.92. The van der Waals surface area contributed by atoms with Crippen molar-refractivity contribution < 1.29 is 19.7 Å². The minimum absolute atomic E-state index is 0.0445. The number of ether oxygens (including phenoxy) is 1. The lowest BCUT2D eigenvalue weighted by molar-refractivity contribution is -0.116. The maximum Gasteiger partial charge on any atom is 0.163 e. The van der Waals surface area contributed by atoms with Gasteiger partial charge in [0.05, 0.1) is 13.0 Å². The second kappa shape index (κ2) is 10.7. The Morgan fingerprint density at radius 3 is 2.58 bits per heavy atom. The Kier molecular flexibility index (Phi) is 7.71. The summed E-state index contributed by atoms with van der Waals surface area (Å²) in [6.45, 7) is 2.16. The number of methoxy groups -OCH3 is 1. The van der Waals surface area contributed by atoms with Crippen molar-refractivity contribution in [3.8, 4) is 17.2 Å². The molecule has 0 heterocycles. The van der Waals surface area contributed by atoms with Gasteiger partial charge >= 0.3 is 0 Å². The summed E-state index contributed by atoms with van der Waals surface area (Å²) in [6.07, 6.45) is 8.43. The fourth-order valence-corrected chi connectivity index (χ4v) is 3.76. The van der Waals surface area contributed by atoms with Crippen molar-refractivity contribution in [2.24, 2.45) is 0 Å². The summed E-state index contributed by atoms with van der Waals surface area (Å²) in [7, 11) is 1.51. The quantitative estimate of drug-likeness (QED) is 0.300. The Hall–Kier alpha value is -3.27. The molecule has 162 valence electrons. The molecule has 4 heteroatoms. The number of hydrogen-bond donors (Lipinski definition) is 2. The van der Waals surface area contributed by atoms with Gasteiger partial charge in [0.25, 0.3) is 0 Å². The molecule has 1 unspecified atom stereocenters. The summed E-state index contributed by atoms with van der Waals surface area (Å²) in [5, 5.41) is 21.7. The molecular formula is C27H30O4. The number of benzene rings is 3. The Morgan fingerprint density at radius 1 is 1.00 bits per heavy atom. The molecule has 0 aliphatic carbocycles. The number of unbranched alkanes of at least 4 members (excludes halogenated alkanes) is 3. The number of ketones is 1. The lowest BCUT2D eigenvalue weighted by Gasteiger charge is -2.17. The standard InChI is InChI=1S/C27H30O4/c1-3-4-5-6-7-8-25(29)24(15-19-9-14-26(30)27(16-19)31-2)21-11-10-20-12-13-23(28)18-22(20)17-21/h7-14,16-18,24,28,30H,3-6,15H2,1-2H3. The van der Waals surface area contributed by atoms with E-state index in [1.807, 2.05) is 36.4 Å². The van der Waals surface area contributed by atoms with Crippen molar-refractivity contribution in [2.75, 3.05) is 7.11 Å². The van der Waals surface area contributed by atoms with Gasteiger partial charge in [-0.3, -0.25) is 4.79 Å². The van der Waals surface area contributed by atoms with Gasteiger partial charge in [-0.15, -0.1) is 0 Å². The van der Waals surface area contributed by atoms with Crippen molar-refractivity contribution in [2.45, 2.75) is 44.9 Å². The molecule has 0 aliphatic rings. The number of allylic oxidation sites excluding steroid dienone is 2. The van der Waals surface area contributed by atoms with Crippen LogP contribution >= 0.6 is 0 Å². The van der Waals surface area contributed by atoms with E-state index in [1.54, 1.807) is 30.3 Å². The maximum atomic E-state index is 13.2. The Morgan fingerprint density at radius 2 is 1.81 bits per heavy atom. The summed E-state index contributed by atoms with van der Waals surface area (Å²) < 4.78 is 5.23. The van der Waals surface area contributed by atoms with Crippen LogP contribution in [0.1, 0.15) is 49.7 Å². The fourth-order valence-electron chi connectivity index (χ4n) is 3.76. The molecule has 0 bridgehead atoms. The summed E-state index contributed by atoms with van der Waals surface area (Å²) >= 11 is 0. The second-order valence-corrected chi connectivity index (χ2v) is 7.85. The molecule has 0 radical (unpaired) electrons. The largest absolute Gasteiger partial charge is 0.508 e. The first-order chi connectivity index (χ1) is 15.0. The Labute approximate surface area is 183 Å². The summed E-state index contributed by atoms with van der Waals surface area (Å²) in [6, 6.07) is 16.3. The van der Waals surface area contributed by atoms with Crippen LogP contribution in [0, 0.1) is 0 Å². The first kappa shape index (κ1) is 22.4. The van der Waals surface area contributed by atoms with E-state index in [4.69, 9.17) is 4.74 Å². The van der Waals surface area contributed by atoms with E-state index in [9.17, 15) is 15.0 Å². The van der Waals surface area contributed by atoms with Crippen LogP contribution < -0.4 is 4.74 Å². The van der Waals surface area contributed by atoms with Crippen LogP contribution in [0.25, 0.3) is 10.8 Å². The van der Waals surface area contributed by atoms with Gasteiger partial charge in [0.15, 0.2) is 17.3 Å². The maximum absolute atomic E-state index is 13.2. The monoisotopic (exact) mass is 418 g/mol. The van der Waals surface area contributed by atoms with Gasteiger partial charge in [-0.2, -0.15) is 0 Å². The number of rotatable bonds is 10. The molecule has 0 fully saturated rings. The summed E-state index contributed by atoms with van der Waals surface area (Å²) in [4.78, 5) is 13.2. The molecule has 0 aromatic heterocycles. The van der Waals surface area contributed by atoms with Crippen LogP contribution in [0.5, 0.6) is 17.2 Å². The van der Waals surface area contributed by atoms with E-state index in [0.717, 1.165) is 47.6 Å². The van der Waals surface area contributed by atoms with Gasteiger partial charge in [-0.1, -0.05) is 56.2 Å². The predicted octanol–water partition coefficient (Wildman–Crippen LogP) is 6.29. The SMILES string of the molecule is CCCCCC=CC(=O)C(Cc1ccc(O)c(OC)c1)c1ccc2ccc(O)cc2c1. The molecule has 3 rings (SSSR count). The topological polar surface area (TPSA) is 66.8 Å². The normalized spacial score (nSPS) is 12.3. The zero-order valence-corrected chi connectivity index (χ0v) is 18.2. The molecule has 0 spiro atoms. The smallest absolute Gasteiger partial charge is 0.163 e. The van der Waals surface area contributed by atoms with Crippen LogP contribution in [0.2, 0.25) is 0 Å². The minimum atomic E-state index is -0.372. The van der Waals surface area contributed by atoms with Crippen molar-refractivity contribution >= 4 is 16.6 Å². The molecule has 0 saturated heterocycles. The van der Waals surface area contributed by atoms with Crippen LogP contribution in [0.3, 0.4) is 0 Å². The zero-order chi connectivity index (χ0) is 22.2. The third-order valence-electron chi connectivity index (χ3n) is 5.53. The van der Waals surface area contributed by atoms with Crippen molar-refractivity contribution in [3.63, 3.8) is 0 Å². The van der Waals surface area contributed by atoms with E-state index in [2.05, 4.69) is 6.92 Å². The van der Waals surface area contributed by atoms with Crippen LogP contribution in [-0.4, -0.2) is 23.1 Å². The number of carbonyl (C=O) groups is 1. The van der Waals surface area contributed by atoms with Crippen LogP contribution in [0.15, 0.2) is 66.7 Å². The van der Waals surface area contributed by atoms with Crippen molar-refractivity contribution in [3.05, 3.63) is 77.9 Å².